The summed E-state index contributed by atoms with van der Waals surface area (Å²) in [5.41, 5.74) is 0.427. The molecule has 134 valence electrons. The van der Waals surface area contributed by atoms with Crippen LogP contribution in [0.3, 0.4) is 0 Å². The molecule has 2 aromatic heterocycles. The van der Waals surface area contributed by atoms with E-state index in [4.69, 9.17) is 4.52 Å². The highest BCUT2D eigenvalue weighted by Gasteiger charge is 2.36. The van der Waals surface area contributed by atoms with E-state index in [0.29, 0.717) is 30.9 Å². The predicted octanol–water partition coefficient (Wildman–Crippen LogP) is 0.622. The first-order chi connectivity index (χ1) is 11.9. The summed E-state index contributed by atoms with van der Waals surface area (Å²) in [6.07, 6.45) is 4.74. The molecule has 0 N–H and O–H groups in total. The quantitative estimate of drug-likeness (QED) is 0.784. The number of hydrogen-bond donors (Lipinski definition) is 0. The Morgan fingerprint density at radius 2 is 2.16 bits per heavy atom. The van der Waals surface area contributed by atoms with Crippen LogP contribution in [-0.2, 0) is 10.0 Å². The Kier molecular flexibility index (Phi) is 4.82. The van der Waals surface area contributed by atoms with E-state index in [1.54, 1.807) is 30.2 Å². The zero-order chi connectivity index (χ0) is 18.0. The van der Waals surface area contributed by atoms with Gasteiger partial charge in [-0.25, -0.2) is 8.42 Å². The van der Waals surface area contributed by atoms with Crippen LogP contribution in [0.5, 0.6) is 0 Å². The molecular weight excluding hydrogens is 346 g/mol. The van der Waals surface area contributed by atoms with Gasteiger partial charge in [0, 0.05) is 32.0 Å². The van der Waals surface area contributed by atoms with Gasteiger partial charge in [-0.3, -0.25) is 9.78 Å². The second kappa shape index (κ2) is 6.89. The van der Waals surface area contributed by atoms with Crippen LogP contribution < -0.4 is 0 Å². The van der Waals surface area contributed by atoms with Crippen LogP contribution in [0.4, 0.5) is 0 Å². The third-order valence-electron chi connectivity index (χ3n) is 4.03. The van der Waals surface area contributed by atoms with Crippen molar-refractivity contribution in [3.05, 3.63) is 41.8 Å². The maximum atomic E-state index is 12.9. The zero-order valence-corrected chi connectivity index (χ0v) is 14.8. The Balaban J connectivity index is 1.98. The highest BCUT2D eigenvalue weighted by Crippen LogP contribution is 2.26. The fourth-order valence-corrected chi connectivity index (χ4v) is 3.69. The standard InChI is InChI=1S/C15H19N5O4S/c1-11-17-14(24-18-11)13-10-19(25(2,22)23)7-4-8-20(13)15(21)12-5-3-6-16-9-12/h3,5-6,9,13H,4,7-8,10H2,1-2H3. The van der Waals surface area contributed by atoms with E-state index in [1.807, 2.05) is 0 Å². The van der Waals surface area contributed by atoms with Gasteiger partial charge in [0.1, 0.15) is 6.04 Å². The van der Waals surface area contributed by atoms with Crippen molar-refractivity contribution in [2.45, 2.75) is 19.4 Å². The Morgan fingerprint density at radius 1 is 1.36 bits per heavy atom. The molecule has 1 fully saturated rings. The first-order valence-electron chi connectivity index (χ1n) is 7.82. The van der Waals surface area contributed by atoms with Gasteiger partial charge in [0.15, 0.2) is 5.82 Å². The summed E-state index contributed by atoms with van der Waals surface area (Å²) in [4.78, 5) is 22.7. The van der Waals surface area contributed by atoms with E-state index >= 15 is 0 Å². The van der Waals surface area contributed by atoms with E-state index in [0.717, 1.165) is 6.26 Å². The van der Waals surface area contributed by atoms with Crippen LogP contribution >= 0.6 is 0 Å². The monoisotopic (exact) mass is 365 g/mol. The number of pyridine rings is 1. The Bertz CT molecular complexity index is 852. The summed E-state index contributed by atoms with van der Waals surface area (Å²) in [5.74, 6) is 0.411. The fraction of sp³-hybridized carbons (Fsp3) is 0.467. The average molecular weight is 365 g/mol. The van der Waals surface area contributed by atoms with Crippen LogP contribution in [0, 0.1) is 6.92 Å². The summed E-state index contributed by atoms with van der Waals surface area (Å²) >= 11 is 0. The first kappa shape index (κ1) is 17.5. The van der Waals surface area contributed by atoms with Crippen molar-refractivity contribution < 1.29 is 17.7 Å². The van der Waals surface area contributed by atoms with E-state index in [-0.39, 0.29) is 18.3 Å². The minimum atomic E-state index is -3.40. The van der Waals surface area contributed by atoms with Crippen molar-refractivity contribution in [2.75, 3.05) is 25.9 Å². The van der Waals surface area contributed by atoms with Gasteiger partial charge in [0.2, 0.25) is 10.0 Å². The Labute approximate surface area is 145 Å². The molecule has 10 heteroatoms. The maximum absolute atomic E-state index is 12.9. The molecule has 1 aliphatic heterocycles. The number of hydrogen-bond acceptors (Lipinski definition) is 7. The van der Waals surface area contributed by atoms with Crippen molar-refractivity contribution in [3.8, 4) is 0 Å². The highest BCUT2D eigenvalue weighted by atomic mass is 32.2. The van der Waals surface area contributed by atoms with Gasteiger partial charge in [0.25, 0.3) is 11.8 Å². The first-order valence-corrected chi connectivity index (χ1v) is 9.67. The summed E-state index contributed by atoms with van der Waals surface area (Å²) in [5, 5.41) is 3.77. The summed E-state index contributed by atoms with van der Waals surface area (Å²) in [6.45, 7) is 2.46. The molecule has 1 amide bonds. The summed E-state index contributed by atoms with van der Waals surface area (Å²) < 4.78 is 30.6. The maximum Gasteiger partial charge on any atom is 0.256 e. The SMILES string of the molecule is Cc1noc(C2CN(S(C)(=O)=O)CCCN2C(=O)c2cccnc2)n1. The second-order valence-electron chi connectivity index (χ2n) is 5.91. The van der Waals surface area contributed by atoms with Crippen molar-refractivity contribution in [3.63, 3.8) is 0 Å². The number of carbonyl (C=O) groups is 1. The van der Waals surface area contributed by atoms with Crippen LogP contribution in [0.25, 0.3) is 0 Å². The number of rotatable bonds is 3. The molecule has 1 unspecified atom stereocenters. The molecule has 25 heavy (non-hydrogen) atoms. The van der Waals surface area contributed by atoms with Crippen molar-refractivity contribution >= 4 is 15.9 Å². The lowest BCUT2D eigenvalue weighted by Crippen LogP contribution is -2.40. The molecule has 0 spiro atoms. The molecule has 1 aliphatic rings. The topological polar surface area (TPSA) is 110 Å². The average Bonchev–Trinajstić information content (AvgIpc) is 2.88. The van der Waals surface area contributed by atoms with E-state index in [9.17, 15) is 13.2 Å². The van der Waals surface area contributed by atoms with E-state index in [1.165, 1.54) is 10.5 Å². The smallest absolute Gasteiger partial charge is 0.256 e. The molecule has 1 saturated heterocycles. The molecule has 0 saturated carbocycles. The molecule has 3 heterocycles. The van der Waals surface area contributed by atoms with Crippen molar-refractivity contribution in [1.82, 2.24) is 24.3 Å². The molecule has 3 rings (SSSR count). The number of carbonyl (C=O) groups excluding carboxylic acids is 1. The lowest BCUT2D eigenvalue weighted by Gasteiger charge is -2.28. The lowest BCUT2D eigenvalue weighted by atomic mass is 10.2. The molecular formula is C15H19N5O4S. The lowest BCUT2D eigenvalue weighted by molar-refractivity contribution is 0.0647. The van der Waals surface area contributed by atoms with Gasteiger partial charge >= 0.3 is 0 Å². The van der Waals surface area contributed by atoms with Crippen LogP contribution in [-0.4, -0.2) is 64.5 Å². The highest BCUT2D eigenvalue weighted by molar-refractivity contribution is 7.88. The molecule has 0 radical (unpaired) electrons. The zero-order valence-electron chi connectivity index (χ0n) is 14.0. The molecule has 0 bridgehead atoms. The minimum absolute atomic E-state index is 0.0759. The largest absolute Gasteiger partial charge is 0.337 e. The molecule has 0 aromatic carbocycles. The van der Waals surface area contributed by atoms with Crippen LogP contribution in [0.2, 0.25) is 0 Å². The number of aromatic nitrogens is 3. The summed E-state index contributed by atoms with van der Waals surface area (Å²) in [6, 6.07) is 2.70. The molecule has 0 aliphatic carbocycles. The van der Waals surface area contributed by atoms with Crippen LogP contribution in [0.1, 0.15) is 34.5 Å². The van der Waals surface area contributed by atoms with Crippen molar-refractivity contribution in [2.24, 2.45) is 0 Å². The molecule has 2 aromatic rings. The minimum Gasteiger partial charge on any atom is -0.337 e. The Morgan fingerprint density at radius 3 is 2.76 bits per heavy atom. The third-order valence-corrected chi connectivity index (χ3v) is 5.30. The van der Waals surface area contributed by atoms with E-state index in [2.05, 4.69) is 15.1 Å². The van der Waals surface area contributed by atoms with Crippen LogP contribution in [0.15, 0.2) is 29.0 Å². The normalized spacial score (nSPS) is 19.6. The van der Waals surface area contributed by atoms with Gasteiger partial charge in [0.05, 0.1) is 11.8 Å². The number of nitrogens with zero attached hydrogens (tertiary/aromatic N) is 5. The van der Waals surface area contributed by atoms with Gasteiger partial charge in [-0.15, -0.1) is 0 Å². The van der Waals surface area contributed by atoms with Gasteiger partial charge in [-0.05, 0) is 25.5 Å². The third kappa shape index (κ3) is 3.85. The summed E-state index contributed by atoms with van der Waals surface area (Å²) in [7, 11) is -3.40. The molecule has 1 atom stereocenters. The Hall–Kier alpha value is -2.33. The van der Waals surface area contributed by atoms with Crippen molar-refractivity contribution in [1.29, 1.82) is 0 Å². The van der Waals surface area contributed by atoms with Gasteiger partial charge < -0.3 is 9.42 Å². The van der Waals surface area contributed by atoms with Gasteiger partial charge in [-0.1, -0.05) is 5.16 Å². The second-order valence-corrected chi connectivity index (χ2v) is 7.89. The van der Waals surface area contributed by atoms with E-state index < -0.39 is 16.1 Å². The molecule has 9 nitrogen and oxygen atoms in total. The number of aryl methyl sites for hydroxylation is 1. The number of amides is 1. The number of sulfonamides is 1. The predicted molar refractivity (Wildman–Crippen MR) is 88.1 cm³/mol. The fourth-order valence-electron chi connectivity index (χ4n) is 2.82. The van der Waals surface area contributed by atoms with Gasteiger partial charge in [-0.2, -0.15) is 9.29 Å².